The van der Waals surface area contributed by atoms with Gasteiger partial charge in [-0.25, -0.2) is 0 Å². The van der Waals surface area contributed by atoms with Gasteiger partial charge in [-0.05, 0) is 25.1 Å². The lowest BCUT2D eigenvalue weighted by Gasteiger charge is -2.20. The number of benzene rings is 1. The summed E-state index contributed by atoms with van der Waals surface area (Å²) < 4.78 is 10.5. The Morgan fingerprint density at radius 1 is 1.32 bits per heavy atom. The first kappa shape index (κ1) is 15.3. The van der Waals surface area contributed by atoms with E-state index in [4.69, 9.17) is 9.47 Å². The number of ether oxygens (including phenoxy) is 2. The van der Waals surface area contributed by atoms with Crippen LogP contribution in [0.3, 0.4) is 0 Å². The fourth-order valence-corrected chi connectivity index (χ4v) is 1.91. The van der Waals surface area contributed by atoms with Crippen molar-refractivity contribution < 1.29 is 19.2 Å². The van der Waals surface area contributed by atoms with Crippen LogP contribution in [-0.4, -0.2) is 40.3 Å². The zero-order chi connectivity index (χ0) is 14.4. The minimum Gasteiger partial charge on any atom is -0.493 e. The molecule has 2 atom stereocenters. The Bertz CT molecular complexity index is 435. The molecule has 1 aromatic rings. The molecule has 0 saturated heterocycles. The van der Waals surface area contributed by atoms with E-state index < -0.39 is 0 Å². The topological polar surface area (TPSA) is 52.0 Å². The number of nitrogens with one attached hydrogen (secondary N) is 2. The van der Waals surface area contributed by atoms with Crippen LogP contribution in [0.2, 0.25) is 0 Å². The Labute approximate surface area is 114 Å². The lowest BCUT2D eigenvalue weighted by molar-refractivity contribution is -0.908. The summed E-state index contributed by atoms with van der Waals surface area (Å²) in [6.45, 7) is 2.66. The number of hydrogen-bond donors (Lipinski definition) is 2. The number of quaternary nitrogens is 1. The molecular formula is C14H23N2O3+. The van der Waals surface area contributed by atoms with Crippen LogP contribution in [0.1, 0.15) is 12.5 Å². The van der Waals surface area contributed by atoms with E-state index in [1.807, 2.05) is 32.2 Å². The third kappa shape index (κ3) is 3.86. The Kier molecular flexibility index (Phi) is 5.63. The number of hydrogen-bond acceptors (Lipinski definition) is 3. The lowest BCUT2D eigenvalue weighted by Crippen LogP contribution is -3.12. The average Bonchev–Trinajstić information content (AvgIpc) is 2.45. The monoisotopic (exact) mass is 267 g/mol. The molecule has 0 spiro atoms. The van der Waals surface area contributed by atoms with E-state index in [2.05, 4.69) is 5.32 Å². The number of methoxy groups -OCH3 is 2. The first-order valence-corrected chi connectivity index (χ1v) is 6.28. The molecule has 0 saturated carbocycles. The highest BCUT2D eigenvalue weighted by Gasteiger charge is 2.20. The van der Waals surface area contributed by atoms with E-state index in [9.17, 15) is 4.79 Å². The Hall–Kier alpha value is -1.75. The summed E-state index contributed by atoms with van der Waals surface area (Å²) in [6, 6.07) is 5.71. The van der Waals surface area contributed by atoms with Crippen molar-refractivity contribution >= 4 is 5.91 Å². The first-order valence-electron chi connectivity index (χ1n) is 6.28. The van der Waals surface area contributed by atoms with Crippen molar-refractivity contribution in [2.75, 3.05) is 28.3 Å². The molecule has 0 aliphatic heterocycles. The number of carbonyl (C=O) groups is 1. The second kappa shape index (κ2) is 6.99. The molecule has 5 heteroatoms. The molecule has 0 heterocycles. The van der Waals surface area contributed by atoms with Gasteiger partial charge in [0.15, 0.2) is 17.5 Å². The number of likely N-dealkylation sites (N-methyl/N-ethyl adjacent to an activating group) is 2. The summed E-state index contributed by atoms with van der Waals surface area (Å²) in [5.74, 6) is 1.46. The lowest BCUT2D eigenvalue weighted by atomic mass is 10.1. The van der Waals surface area contributed by atoms with E-state index in [0.29, 0.717) is 11.5 Å². The molecular weight excluding hydrogens is 244 g/mol. The van der Waals surface area contributed by atoms with E-state index >= 15 is 0 Å². The van der Waals surface area contributed by atoms with Crippen molar-refractivity contribution in [1.29, 1.82) is 0 Å². The SMILES string of the molecule is CNC(=O)[C@H](C)[NH+](C)Cc1ccc(OC)c(OC)c1. The average molecular weight is 267 g/mol. The molecule has 0 aliphatic rings. The highest BCUT2D eigenvalue weighted by molar-refractivity contribution is 5.79. The minimum absolute atomic E-state index is 0.0398. The molecule has 5 nitrogen and oxygen atoms in total. The van der Waals surface area contributed by atoms with Gasteiger partial charge in [0.2, 0.25) is 0 Å². The second-order valence-corrected chi connectivity index (χ2v) is 4.55. The summed E-state index contributed by atoms with van der Waals surface area (Å²) in [7, 11) is 6.88. The van der Waals surface area contributed by atoms with Gasteiger partial charge < -0.3 is 19.7 Å². The van der Waals surface area contributed by atoms with Crippen molar-refractivity contribution in [3.05, 3.63) is 23.8 Å². The second-order valence-electron chi connectivity index (χ2n) is 4.55. The van der Waals surface area contributed by atoms with Crippen LogP contribution in [-0.2, 0) is 11.3 Å². The predicted molar refractivity (Wildman–Crippen MR) is 73.7 cm³/mol. The van der Waals surface area contributed by atoms with Gasteiger partial charge >= 0.3 is 0 Å². The Morgan fingerprint density at radius 3 is 2.47 bits per heavy atom. The maximum Gasteiger partial charge on any atom is 0.277 e. The van der Waals surface area contributed by atoms with Gasteiger partial charge in [-0.3, -0.25) is 4.79 Å². The molecule has 0 aromatic heterocycles. The molecule has 1 rings (SSSR count). The van der Waals surface area contributed by atoms with Crippen LogP contribution < -0.4 is 19.7 Å². The fraction of sp³-hybridized carbons (Fsp3) is 0.500. The van der Waals surface area contributed by atoms with Crippen LogP contribution in [0, 0.1) is 0 Å². The third-order valence-electron chi connectivity index (χ3n) is 3.31. The quantitative estimate of drug-likeness (QED) is 0.754. The van der Waals surface area contributed by atoms with Crippen molar-refractivity contribution in [3.8, 4) is 11.5 Å². The maximum atomic E-state index is 11.6. The smallest absolute Gasteiger partial charge is 0.277 e. The molecule has 19 heavy (non-hydrogen) atoms. The number of amides is 1. The number of carbonyl (C=O) groups excluding carboxylic acids is 1. The largest absolute Gasteiger partial charge is 0.493 e. The molecule has 1 aromatic carbocycles. The number of rotatable bonds is 6. The first-order chi connectivity index (χ1) is 9.03. The summed E-state index contributed by atoms with van der Waals surface area (Å²) in [5.41, 5.74) is 1.10. The summed E-state index contributed by atoms with van der Waals surface area (Å²) >= 11 is 0. The van der Waals surface area contributed by atoms with Gasteiger partial charge in [-0.1, -0.05) is 0 Å². The van der Waals surface area contributed by atoms with Gasteiger partial charge in [-0.15, -0.1) is 0 Å². The van der Waals surface area contributed by atoms with Crippen molar-refractivity contribution in [2.24, 2.45) is 0 Å². The van der Waals surface area contributed by atoms with Crippen molar-refractivity contribution in [1.82, 2.24) is 5.32 Å². The van der Waals surface area contributed by atoms with Crippen LogP contribution in [0.4, 0.5) is 0 Å². The molecule has 1 amide bonds. The standard InChI is InChI=1S/C14H22N2O3/c1-10(14(17)15-2)16(3)9-11-6-7-12(18-4)13(8-11)19-5/h6-8,10H,9H2,1-5H3,(H,15,17)/p+1/t10-/m0/s1. The van der Waals surface area contributed by atoms with E-state index in [1.165, 1.54) is 0 Å². The Morgan fingerprint density at radius 2 is 1.95 bits per heavy atom. The molecule has 106 valence electrons. The normalized spacial score (nSPS) is 13.5. The van der Waals surface area contributed by atoms with Gasteiger partial charge in [-0.2, -0.15) is 0 Å². The zero-order valence-corrected chi connectivity index (χ0v) is 12.2. The Balaban J connectivity index is 2.79. The van der Waals surface area contributed by atoms with Crippen molar-refractivity contribution in [3.63, 3.8) is 0 Å². The summed E-state index contributed by atoms with van der Waals surface area (Å²) in [6.07, 6.45) is 0. The highest BCUT2D eigenvalue weighted by atomic mass is 16.5. The molecule has 0 fully saturated rings. The zero-order valence-electron chi connectivity index (χ0n) is 12.2. The fourth-order valence-electron chi connectivity index (χ4n) is 1.91. The molecule has 0 aliphatic carbocycles. The van der Waals surface area contributed by atoms with Crippen molar-refractivity contribution in [2.45, 2.75) is 19.5 Å². The maximum absolute atomic E-state index is 11.6. The molecule has 1 unspecified atom stereocenters. The minimum atomic E-state index is -0.0990. The summed E-state index contributed by atoms with van der Waals surface area (Å²) in [5, 5.41) is 2.67. The molecule has 0 bridgehead atoms. The van der Waals surface area contributed by atoms with Gasteiger partial charge in [0.1, 0.15) is 6.54 Å². The summed E-state index contributed by atoms with van der Waals surface area (Å²) in [4.78, 5) is 12.7. The molecule has 0 radical (unpaired) electrons. The van der Waals surface area contributed by atoms with Gasteiger partial charge in [0.25, 0.3) is 5.91 Å². The third-order valence-corrected chi connectivity index (χ3v) is 3.31. The predicted octanol–water partition coefficient (Wildman–Crippen LogP) is -0.147. The van der Waals surface area contributed by atoms with E-state index in [0.717, 1.165) is 17.0 Å². The van der Waals surface area contributed by atoms with Crippen LogP contribution >= 0.6 is 0 Å². The van der Waals surface area contributed by atoms with E-state index in [1.54, 1.807) is 21.3 Å². The van der Waals surface area contributed by atoms with Gasteiger partial charge in [0.05, 0.1) is 21.3 Å². The van der Waals surface area contributed by atoms with E-state index in [-0.39, 0.29) is 11.9 Å². The van der Waals surface area contributed by atoms with Crippen LogP contribution in [0.5, 0.6) is 11.5 Å². The molecule has 2 N–H and O–H groups in total. The van der Waals surface area contributed by atoms with Crippen LogP contribution in [0.25, 0.3) is 0 Å². The van der Waals surface area contributed by atoms with Gasteiger partial charge in [0, 0.05) is 12.6 Å². The highest BCUT2D eigenvalue weighted by Crippen LogP contribution is 2.27. The van der Waals surface area contributed by atoms with Crippen LogP contribution in [0.15, 0.2) is 18.2 Å².